The second-order valence-electron chi connectivity index (χ2n) is 8.12. The van der Waals surface area contributed by atoms with Gasteiger partial charge in [0.25, 0.3) is 5.91 Å². The molecule has 156 valence electrons. The van der Waals surface area contributed by atoms with Crippen LogP contribution < -0.4 is 5.32 Å². The molecular weight excluding hydrogens is 365 g/mol. The number of carboxylic acid groups (broad SMARTS) is 1. The molecule has 0 aromatic heterocycles. The molecule has 27 heavy (non-hydrogen) atoms. The van der Waals surface area contributed by atoms with Crippen LogP contribution in [0, 0.1) is 11.3 Å². The van der Waals surface area contributed by atoms with Crippen LogP contribution in [-0.4, -0.2) is 64.9 Å². The molecule has 1 amide bonds. The van der Waals surface area contributed by atoms with Gasteiger partial charge in [-0.25, -0.2) is 4.79 Å². The number of likely N-dealkylation sites (tertiary alicyclic amines) is 1. The van der Waals surface area contributed by atoms with Crippen LogP contribution in [0.1, 0.15) is 51.9 Å². The second kappa shape index (κ2) is 8.34. The van der Waals surface area contributed by atoms with E-state index in [1.54, 1.807) is 6.92 Å². The summed E-state index contributed by atoms with van der Waals surface area (Å²) in [6.45, 7) is 5.64. The topological polar surface area (TPSA) is 89.9 Å². The Kier molecular flexibility index (Phi) is 6.78. The van der Waals surface area contributed by atoms with Crippen LogP contribution in [0.15, 0.2) is 0 Å². The van der Waals surface area contributed by atoms with Crippen molar-refractivity contribution >= 4 is 11.9 Å². The van der Waals surface area contributed by atoms with E-state index in [0.29, 0.717) is 5.41 Å². The van der Waals surface area contributed by atoms with E-state index >= 15 is 0 Å². The Bertz CT molecular complexity index is 531. The molecule has 1 spiro atoms. The van der Waals surface area contributed by atoms with Crippen LogP contribution in [0.4, 0.5) is 13.2 Å². The fraction of sp³-hybridized carbons (Fsp3) is 0.889. The number of carbonyl (C=O) groups is 2. The van der Waals surface area contributed by atoms with Crippen LogP contribution in [0.3, 0.4) is 0 Å². The summed E-state index contributed by atoms with van der Waals surface area (Å²) in [6, 6.07) is 0. The molecule has 3 fully saturated rings. The first kappa shape index (κ1) is 21.9. The average Bonchev–Trinajstić information content (AvgIpc) is 2.53. The number of alkyl halides is 3. The summed E-state index contributed by atoms with van der Waals surface area (Å²) in [5.41, 5.74) is -0.665. The highest BCUT2D eigenvalue weighted by atomic mass is 19.4. The summed E-state index contributed by atoms with van der Waals surface area (Å²) >= 11 is 0. The summed E-state index contributed by atoms with van der Waals surface area (Å²) in [7, 11) is 0. The van der Waals surface area contributed by atoms with Crippen molar-refractivity contribution in [3.05, 3.63) is 0 Å². The summed E-state index contributed by atoms with van der Waals surface area (Å²) in [5.74, 6) is -2.59. The largest absolute Gasteiger partial charge is 0.490 e. The molecule has 1 unspecified atom stereocenters. The van der Waals surface area contributed by atoms with Crippen LogP contribution in [0.25, 0.3) is 0 Å². The van der Waals surface area contributed by atoms with Crippen molar-refractivity contribution in [2.24, 2.45) is 11.3 Å². The molecule has 0 radical (unpaired) electrons. The minimum Gasteiger partial charge on any atom is -0.475 e. The van der Waals surface area contributed by atoms with Crippen molar-refractivity contribution < 1.29 is 33.0 Å². The van der Waals surface area contributed by atoms with Gasteiger partial charge >= 0.3 is 12.1 Å². The van der Waals surface area contributed by atoms with Crippen molar-refractivity contribution in [2.45, 2.75) is 63.6 Å². The molecule has 1 saturated carbocycles. The fourth-order valence-electron chi connectivity index (χ4n) is 4.11. The number of halogens is 3. The molecule has 3 rings (SSSR count). The Morgan fingerprint density at radius 3 is 1.93 bits per heavy atom. The van der Waals surface area contributed by atoms with Gasteiger partial charge in [-0.05, 0) is 69.9 Å². The zero-order valence-corrected chi connectivity index (χ0v) is 15.6. The number of amides is 1. The highest BCUT2D eigenvalue weighted by molar-refractivity contribution is 5.85. The molecule has 2 saturated heterocycles. The number of nitrogens with one attached hydrogen (secondary N) is 1. The van der Waals surface area contributed by atoms with Gasteiger partial charge in [0.1, 0.15) is 5.60 Å². The van der Waals surface area contributed by atoms with Gasteiger partial charge in [0.05, 0.1) is 0 Å². The number of rotatable bonds is 2. The molecule has 2 heterocycles. The van der Waals surface area contributed by atoms with E-state index < -0.39 is 17.7 Å². The van der Waals surface area contributed by atoms with E-state index in [9.17, 15) is 23.1 Å². The Labute approximate surface area is 157 Å². The van der Waals surface area contributed by atoms with Crippen LogP contribution >= 0.6 is 0 Å². The van der Waals surface area contributed by atoms with Gasteiger partial charge in [-0.15, -0.1) is 0 Å². The highest BCUT2D eigenvalue weighted by Gasteiger charge is 2.46. The number of carbonyl (C=O) groups excluding carboxylic acids is 1. The van der Waals surface area contributed by atoms with E-state index in [2.05, 4.69) is 5.32 Å². The molecule has 0 aromatic rings. The molecule has 1 atom stereocenters. The third-order valence-electron chi connectivity index (χ3n) is 6.35. The van der Waals surface area contributed by atoms with Crippen molar-refractivity contribution in [3.8, 4) is 0 Å². The molecule has 6 nitrogen and oxygen atoms in total. The Balaban J connectivity index is 0.000000321. The lowest BCUT2D eigenvalue weighted by Crippen LogP contribution is -2.56. The zero-order chi connectivity index (χ0) is 20.3. The SMILES string of the molecule is CC(O)(C(=O)N1CCC2(CCNCC2)CC1)C1CCC1.O=C(O)C(F)(F)F. The lowest BCUT2D eigenvalue weighted by atomic mass is 9.70. The Morgan fingerprint density at radius 1 is 1.07 bits per heavy atom. The summed E-state index contributed by atoms with van der Waals surface area (Å²) in [5, 5.41) is 21.1. The first-order chi connectivity index (χ1) is 12.5. The molecule has 0 aromatic carbocycles. The van der Waals surface area contributed by atoms with E-state index in [1.807, 2.05) is 4.90 Å². The third kappa shape index (κ3) is 5.34. The normalized spacial score (nSPS) is 25.0. The van der Waals surface area contributed by atoms with Gasteiger partial charge < -0.3 is 20.4 Å². The zero-order valence-electron chi connectivity index (χ0n) is 15.6. The molecule has 0 bridgehead atoms. The molecule has 3 N–H and O–H groups in total. The minimum atomic E-state index is -5.08. The number of piperidine rings is 2. The number of hydrogen-bond donors (Lipinski definition) is 3. The van der Waals surface area contributed by atoms with Crippen molar-refractivity contribution in [1.82, 2.24) is 10.2 Å². The number of carboxylic acids is 1. The maximum atomic E-state index is 12.6. The van der Waals surface area contributed by atoms with Gasteiger partial charge in [0, 0.05) is 13.1 Å². The summed E-state index contributed by atoms with van der Waals surface area (Å²) in [4.78, 5) is 23.4. The second-order valence-corrected chi connectivity index (χ2v) is 8.12. The van der Waals surface area contributed by atoms with Gasteiger partial charge in [-0.2, -0.15) is 13.2 Å². The van der Waals surface area contributed by atoms with Crippen molar-refractivity contribution in [1.29, 1.82) is 0 Å². The van der Waals surface area contributed by atoms with Crippen LogP contribution in [0.2, 0.25) is 0 Å². The lowest BCUT2D eigenvalue weighted by Gasteiger charge is -2.47. The molecule has 1 aliphatic carbocycles. The standard InChI is InChI=1S/C16H28N2O2.C2HF3O2/c1-15(20,13-3-2-4-13)14(19)18-11-7-16(8-12-18)5-9-17-10-6-16;3-2(4,5)1(6)7/h13,17,20H,2-12H2,1H3;(H,6,7). The number of aliphatic hydroxyl groups is 1. The molecule has 2 aliphatic heterocycles. The van der Waals surface area contributed by atoms with Crippen molar-refractivity contribution in [3.63, 3.8) is 0 Å². The fourth-order valence-corrected chi connectivity index (χ4v) is 4.11. The van der Waals surface area contributed by atoms with Crippen LogP contribution in [0.5, 0.6) is 0 Å². The highest BCUT2D eigenvalue weighted by Crippen LogP contribution is 2.41. The van der Waals surface area contributed by atoms with Crippen molar-refractivity contribution in [2.75, 3.05) is 26.2 Å². The number of aliphatic carboxylic acids is 1. The lowest BCUT2D eigenvalue weighted by molar-refractivity contribution is -0.192. The van der Waals surface area contributed by atoms with Gasteiger partial charge in [0.2, 0.25) is 0 Å². The summed E-state index contributed by atoms with van der Waals surface area (Å²) < 4.78 is 31.7. The van der Waals surface area contributed by atoms with Gasteiger partial charge in [-0.3, -0.25) is 4.79 Å². The molecular formula is C18H29F3N2O4. The Hall–Kier alpha value is -1.35. The smallest absolute Gasteiger partial charge is 0.475 e. The minimum absolute atomic E-state index is 0.0222. The quantitative estimate of drug-likeness (QED) is 0.668. The van der Waals surface area contributed by atoms with E-state index in [1.165, 1.54) is 12.8 Å². The first-order valence-corrected chi connectivity index (χ1v) is 9.50. The van der Waals surface area contributed by atoms with E-state index in [-0.39, 0.29) is 11.8 Å². The first-order valence-electron chi connectivity index (χ1n) is 9.50. The Morgan fingerprint density at radius 2 is 1.56 bits per heavy atom. The number of hydrogen-bond acceptors (Lipinski definition) is 4. The van der Waals surface area contributed by atoms with E-state index in [0.717, 1.165) is 58.3 Å². The van der Waals surface area contributed by atoms with Gasteiger partial charge in [-0.1, -0.05) is 6.42 Å². The maximum absolute atomic E-state index is 12.6. The predicted octanol–water partition coefficient (Wildman–Crippen LogP) is 2.16. The molecule has 3 aliphatic rings. The third-order valence-corrected chi connectivity index (χ3v) is 6.35. The molecule has 9 heteroatoms. The number of nitrogens with zero attached hydrogens (tertiary/aromatic N) is 1. The maximum Gasteiger partial charge on any atom is 0.490 e. The van der Waals surface area contributed by atoms with Gasteiger partial charge in [0.15, 0.2) is 0 Å². The van der Waals surface area contributed by atoms with E-state index in [4.69, 9.17) is 9.90 Å². The predicted molar refractivity (Wildman–Crippen MR) is 92.0 cm³/mol. The summed E-state index contributed by atoms with van der Waals surface area (Å²) in [6.07, 6.45) is 2.79. The van der Waals surface area contributed by atoms with Crippen LogP contribution in [-0.2, 0) is 9.59 Å². The average molecular weight is 394 g/mol. The monoisotopic (exact) mass is 394 g/mol.